The van der Waals surface area contributed by atoms with Crippen LogP contribution >= 0.6 is 0 Å². The van der Waals surface area contributed by atoms with E-state index >= 15 is 0 Å². The van der Waals surface area contributed by atoms with Crippen LogP contribution in [-0.2, 0) is 27.5 Å². The third-order valence-corrected chi connectivity index (χ3v) is 8.75. The van der Waals surface area contributed by atoms with Crippen LogP contribution in [0.15, 0.2) is 53.8 Å². The molecule has 1 amide bonds. The lowest BCUT2D eigenvalue weighted by Gasteiger charge is -2.25. The predicted molar refractivity (Wildman–Crippen MR) is 123 cm³/mol. The molecule has 1 aliphatic carbocycles. The number of fused-ring (bicyclic) bond motifs is 1. The van der Waals surface area contributed by atoms with Crippen LogP contribution in [0.4, 0.5) is 26.3 Å². The molecule has 8 nitrogen and oxygen atoms in total. The van der Waals surface area contributed by atoms with Gasteiger partial charge >= 0.3 is 6.18 Å². The molecule has 2 saturated heterocycles. The number of sulfonamides is 1. The van der Waals surface area contributed by atoms with Gasteiger partial charge in [0, 0.05) is 42.3 Å². The van der Waals surface area contributed by atoms with E-state index in [0.29, 0.717) is 12.8 Å². The van der Waals surface area contributed by atoms with E-state index in [4.69, 9.17) is 0 Å². The molecule has 3 fully saturated rings. The second-order valence-corrected chi connectivity index (χ2v) is 11.0. The van der Waals surface area contributed by atoms with Gasteiger partial charge in [-0.2, -0.15) is 17.5 Å². The van der Waals surface area contributed by atoms with E-state index < -0.39 is 64.4 Å². The Morgan fingerprint density at radius 3 is 2.28 bits per heavy atom. The zero-order valence-corrected chi connectivity index (χ0v) is 20.6. The lowest BCUT2D eigenvalue weighted by molar-refractivity contribution is -0.145. The van der Waals surface area contributed by atoms with Gasteiger partial charge in [-0.05, 0) is 54.7 Å². The molecule has 39 heavy (non-hydrogen) atoms. The molecule has 206 valence electrons. The molecule has 3 aromatic rings. The Hall–Kier alpha value is -3.59. The summed E-state index contributed by atoms with van der Waals surface area (Å²) in [4.78, 5) is 23.3. The van der Waals surface area contributed by atoms with Crippen molar-refractivity contribution in [2.24, 2.45) is 5.92 Å². The van der Waals surface area contributed by atoms with E-state index in [1.54, 1.807) is 0 Å². The number of hydrogen-bond donors (Lipinski definition) is 1. The van der Waals surface area contributed by atoms with Crippen molar-refractivity contribution in [2.75, 3.05) is 0 Å². The average molecular weight is 572 g/mol. The summed E-state index contributed by atoms with van der Waals surface area (Å²) in [5, 5.41) is 2.52. The number of nitrogens with zero attached hydrogens (tertiary/aromatic N) is 4. The number of amides is 1. The minimum atomic E-state index is -4.76. The first-order valence-electron chi connectivity index (χ1n) is 11.6. The van der Waals surface area contributed by atoms with E-state index in [-0.39, 0.29) is 27.6 Å². The average Bonchev–Trinajstić information content (AvgIpc) is 3.45. The maximum absolute atomic E-state index is 13.7. The standard InChI is InChI=1S/C24H19F6N5O3S/c25-15-1-3-17(4-2-15)39(37,38)35-16-5-12(6-16)20(35)22(36)32-8-13-7-19(31-11-18(13)21(26)27)14-9-33-23(34-10-14)24(28,29)30/h1-4,7,9-12,16,20-21H,5-6,8H2,(H,32,36)/t12?,16?,20-/m0/s1. The van der Waals surface area contributed by atoms with Crippen molar-refractivity contribution in [3.05, 3.63) is 71.7 Å². The highest BCUT2D eigenvalue weighted by Gasteiger charge is 2.58. The summed E-state index contributed by atoms with van der Waals surface area (Å²) in [6, 6.07) is 3.89. The molecule has 0 spiro atoms. The Bertz CT molecular complexity index is 1490. The molecular weight excluding hydrogens is 552 g/mol. The van der Waals surface area contributed by atoms with Crippen molar-refractivity contribution >= 4 is 15.9 Å². The van der Waals surface area contributed by atoms with Crippen LogP contribution in [0.1, 0.15) is 36.2 Å². The lowest BCUT2D eigenvalue weighted by atomic mass is 9.83. The fourth-order valence-electron chi connectivity index (χ4n) is 4.84. The Morgan fingerprint density at radius 1 is 1.05 bits per heavy atom. The molecule has 2 aromatic heterocycles. The summed E-state index contributed by atoms with van der Waals surface area (Å²) >= 11 is 0. The van der Waals surface area contributed by atoms with Gasteiger partial charge in [-0.1, -0.05) is 0 Å². The van der Waals surface area contributed by atoms with Crippen molar-refractivity contribution < 1.29 is 39.6 Å². The summed E-state index contributed by atoms with van der Waals surface area (Å²) in [5.41, 5.74) is -0.550. The largest absolute Gasteiger partial charge is 0.451 e. The topological polar surface area (TPSA) is 105 Å². The number of aromatic nitrogens is 3. The maximum atomic E-state index is 13.7. The Morgan fingerprint density at radius 2 is 1.69 bits per heavy atom. The number of nitrogens with one attached hydrogen (secondary N) is 1. The molecule has 1 saturated carbocycles. The highest BCUT2D eigenvalue weighted by molar-refractivity contribution is 7.89. The van der Waals surface area contributed by atoms with Gasteiger partial charge in [-0.15, -0.1) is 0 Å². The molecule has 2 bridgehead atoms. The fraction of sp³-hybridized carbons (Fsp3) is 0.333. The number of carbonyl (C=O) groups excluding carboxylic acids is 1. The Kier molecular flexibility index (Phi) is 6.83. The Labute approximate surface area is 218 Å². The third kappa shape index (κ3) is 5.07. The first-order valence-corrected chi connectivity index (χ1v) is 13.0. The molecule has 6 rings (SSSR count). The molecule has 0 radical (unpaired) electrons. The zero-order valence-electron chi connectivity index (χ0n) is 19.7. The smallest absolute Gasteiger partial charge is 0.351 e. The van der Waals surface area contributed by atoms with Crippen LogP contribution in [0.5, 0.6) is 0 Å². The number of hydrogen-bond acceptors (Lipinski definition) is 6. The van der Waals surface area contributed by atoms with Gasteiger partial charge in [0.05, 0.1) is 10.6 Å². The molecule has 4 heterocycles. The van der Waals surface area contributed by atoms with Crippen LogP contribution in [0.2, 0.25) is 0 Å². The number of pyridine rings is 1. The first-order chi connectivity index (χ1) is 18.4. The van der Waals surface area contributed by atoms with Gasteiger partial charge in [0.2, 0.25) is 21.8 Å². The summed E-state index contributed by atoms with van der Waals surface area (Å²) in [7, 11) is -4.14. The van der Waals surface area contributed by atoms with Crippen LogP contribution in [-0.4, -0.2) is 45.7 Å². The first kappa shape index (κ1) is 27.0. The van der Waals surface area contributed by atoms with E-state index in [0.717, 1.165) is 47.2 Å². The monoisotopic (exact) mass is 571 g/mol. The Balaban J connectivity index is 1.37. The minimum absolute atomic E-state index is 0.000936. The number of rotatable bonds is 7. The van der Waals surface area contributed by atoms with Gasteiger partial charge in [0.25, 0.3) is 6.43 Å². The van der Waals surface area contributed by atoms with Crippen molar-refractivity contribution in [3.8, 4) is 11.3 Å². The molecule has 2 aliphatic heterocycles. The normalized spacial score (nSPS) is 21.2. The molecule has 15 heteroatoms. The highest BCUT2D eigenvalue weighted by atomic mass is 32.2. The summed E-state index contributed by atoms with van der Waals surface area (Å²) in [6.07, 6.45) is -4.28. The quantitative estimate of drug-likeness (QED) is 0.429. The van der Waals surface area contributed by atoms with Crippen LogP contribution < -0.4 is 5.32 Å². The van der Waals surface area contributed by atoms with Crippen molar-refractivity contribution in [3.63, 3.8) is 0 Å². The number of carbonyl (C=O) groups is 1. The number of benzene rings is 1. The zero-order chi connectivity index (χ0) is 28.1. The minimum Gasteiger partial charge on any atom is -0.351 e. The lowest BCUT2D eigenvalue weighted by Crippen LogP contribution is -2.46. The van der Waals surface area contributed by atoms with E-state index in [9.17, 15) is 39.6 Å². The molecular formula is C24H19F6N5O3S. The number of alkyl halides is 5. The van der Waals surface area contributed by atoms with Gasteiger partial charge in [0.1, 0.15) is 11.9 Å². The molecule has 1 atom stereocenters. The predicted octanol–water partition coefficient (Wildman–Crippen LogP) is 4.10. The van der Waals surface area contributed by atoms with E-state index in [1.807, 2.05) is 0 Å². The molecule has 3 aliphatic rings. The second-order valence-electron chi connectivity index (χ2n) is 9.20. The summed E-state index contributed by atoms with van der Waals surface area (Å²) in [6.45, 7) is -0.423. The van der Waals surface area contributed by atoms with Crippen molar-refractivity contribution in [1.82, 2.24) is 24.6 Å². The van der Waals surface area contributed by atoms with Crippen molar-refractivity contribution in [1.29, 1.82) is 0 Å². The van der Waals surface area contributed by atoms with Gasteiger partial charge in [-0.3, -0.25) is 9.78 Å². The van der Waals surface area contributed by atoms with Gasteiger partial charge in [-0.25, -0.2) is 31.6 Å². The fourth-order valence-corrected chi connectivity index (χ4v) is 6.70. The maximum Gasteiger partial charge on any atom is 0.451 e. The molecule has 1 aromatic carbocycles. The second kappa shape index (κ2) is 9.86. The van der Waals surface area contributed by atoms with Crippen molar-refractivity contribution in [2.45, 2.75) is 49.0 Å². The van der Waals surface area contributed by atoms with E-state index in [1.165, 1.54) is 6.07 Å². The van der Waals surface area contributed by atoms with Gasteiger partial charge in [0.15, 0.2) is 0 Å². The summed E-state index contributed by atoms with van der Waals surface area (Å²) < 4.78 is 106. The third-order valence-electron chi connectivity index (χ3n) is 6.80. The van der Waals surface area contributed by atoms with Crippen LogP contribution in [0, 0.1) is 11.7 Å². The SMILES string of the molecule is O=C(NCc1cc(-c2cnc(C(F)(F)F)nc2)ncc1C(F)F)[C@@H]1C2CC(C2)N1S(=O)(=O)c1ccc(F)cc1. The van der Waals surface area contributed by atoms with E-state index in [2.05, 4.69) is 20.3 Å². The van der Waals surface area contributed by atoms with Crippen LogP contribution in [0.3, 0.4) is 0 Å². The van der Waals surface area contributed by atoms with Gasteiger partial charge < -0.3 is 5.32 Å². The number of halogens is 6. The highest BCUT2D eigenvalue weighted by Crippen LogP contribution is 2.48. The van der Waals surface area contributed by atoms with Crippen LogP contribution in [0.25, 0.3) is 11.3 Å². The molecule has 1 N–H and O–H groups in total. The molecule has 0 unspecified atom stereocenters. The summed E-state index contributed by atoms with van der Waals surface area (Å²) in [5.74, 6) is -2.96.